The van der Waals surface area contributed by atoms with Gasteiger partial charge < -0.3 is 23.6 Å². The number of hydrogen-bond acceptors (Lipinski definition) is 9. The Hall–Kier alpha value is -4.21. The molecule has 2 amide bonds. The Morgan fingerprint density at radius 2 is 1.96 bits per heavy atom. The summed E-state index contributed by atoms with van der Waals surface area (Å²) >= 11 is 0. The highest BCUT2D eigenvalue weighted by Crippen LogP contribution is 2.60. The van der Waals surface area contributed by atoms with Gasteiger partial charge in [-0.1, -0.05) is 24.3 Å². The maximum atomic E-state index is 16.1. The molecule has 15 heteroatoms. The van der Waals surface area contributed by atoms with Gasteiger partial charge in [0, 0.05) is 60.6 Å². The molecule has 3 aromatic rings. The number of non-ortho nitro benzene ring substituents is 1. The topological polar surface area (TPSA) is 153 Å². The third-order valence-electron chi connectivity index (χ3n) is 9.10. The Bertz CT molecular complexity index is 1630. The molecular formula is C30H35FN6O7Si. The van der Waals surface area contributed by atoms with Crippen molar-refractivity contribution in [3.05, 3.63) is 75.6 Å². The molecule has 0 bridgehead atoms. The molecule has 238 valence electrons. The molecular weight excluding hydrogens is 603 g/mol. The second-order valence-corrected chi connectivity index (χ2v) is 16.1. The Labute approximate surface area is 259 Å². The first-order chi connectivity index (χ1) is 21.4. The number of carbonyl (C=O) groups is 2. The number of carbonyl (C=O) groups excluding carboxylic acids is 2. The third kappa shape index (κ3) is 5.38. The predicted molar refractivity (Wildman–Crippen MR) is 163 cm³/mol. The van der Waals surface area contributed by atoms with Crippen molar-refractivity contribution in [1.29, 1.82) is 0 Å². The van der Waals surface area contributed by atoms with E-state index in [-0.39, 0.29) is 18.8 Å². The van der Waals surface area contributed by atoms with Crippen LogP contribution in [0, 0.1) is 16.0 Å². The zero-order valence-electron chi connectivity index (χ0n) is 25.3. The molecule has 0 radical (unpaired) electrons. The van der Waals surface area contributed by atoms with Crippen LogP contribution < -0.4 is 9.80 Å². The fourth-order valence-electron chi connectivity index (χ4n) is 7.10. The molecule has 45 heavy (non-hydrogen) atoms. The van der Waals surface area contributed by atoms with Crippen LogP contribution in [0.25, 0.3) is 0 Å². The van der Waals surface area contributed by atoms with Crippen LogP contribution in [0.3, 0.4) is 0 Å². The summed E-state index contributed by atoms with van der Waals surface area (Å²) in [5.74, 6) is -1.01. The van der Waals surface area contributed by atoms with Crippen LogP contribution in [-0.2, 0) is 39.4 Å². The van der Waals surface area contributed by atoms with Gasteiger partial charge in [-0.25, -0.2) is 4.79 Å². The fraction of sp³-hybridized carbons (Fsp3) is 0.467. The maximum Gasteiger partial charge on any atom is 0.414 e. The summed E-state index contributed by atoms with van der Waals surface area (Å²) in [4.78, 5) is 41.0. The highest BCUT2D eigenvalue weighted by atomic mass is 28.4. The molecule has 2 fully saturated rings. The van der Waals surface area contributed by atoms with Crippen molar-refractivity contribution in [1.82, 2.24) is 15.0 Å². The van der Waals surface area contributed by atoms with Crippen molar-refractivity contribution in [3.8, 4) is 0 Å². The van der Waals surface area contributed by atoms with Crippen LogP contribution in [0.2, 0.25) is 18.6 Å². The normalized spacial score (nSPS) is 24.5. The number of ether oxygens (including phenoxy) is 2. The molecule has 13 nitrogen and oxygen atoms in total. The molecule has 4 atom stereocenters. The number of hydrogen-bond donors (Lipinski definition) is 1. The van der Waals surface area contributed by atoms with E-state index in [0.29, 0.717) is 55.2 Å². The summed E-state index contributed by atoms with van der Waals surface area (Å²) in [6, 6.07) is 11.5. The lowest BCUT2D eigenvalue weighted by molar-refractivity contribution is -0.385. The van der Waals surface area contributed by atoms with Gasteiger partial charge in [0.25, 0.3) is 11.6 Å². The fourth-order valence-corrected chi connectivity index (χ4v) is 9.65. The Kier molecular flexibility index (Phi) is 7.95. The Morgan fingerprint density at radius 3 is 2.60 bits per heavy atom. The monoisotopic (exact) mass is 638 g/mol. The molecule has 6 rings (SSSR count). The number of benzene rings is 2. The number of anilines is 2. The zero-order chi connectivity index (χ0) is 32.1. The number of nitro groups is 1. The number of aliphatic hydroxyl groups excluding tert-OH is 1. The Morgan fingerprint density at radius 1 is 1.20 bits per heavy atom. The number of amides is 2. The summed E-state index contributed by atoms with van der Waals surface area (Å²) in [6.07, 6.45) is 1.35. The van der Waals surface area contributed by atoms with Gasteiger partial charge in [0.05, 0.1) is 35.5 Å². The number of aryl methyl sites for hydroxylation is 1. The molecule has 2 aromatic carbocycles. The molecule has 1 N–H and O–H groups in total. The number of rotatable bonds is 10. The van der Waals surface area contributed by atoms with Crippen LogP contribution in [0.4, 0.5) is 26.0 Å². The van der Waals surface area contributed by atoms with Gasteiger partial charge in [-0.05, 0) is 43.3 Å². The van der Waals surface area contributed by atoms with E-state index in [1.165, 1.54) is 17.0 Å². The second kappa shape index (κ2) is 11.6. The van der Waals surface area contributed by atoms with Gasteiger partial charge in [-0.15, -0.1) is 5.10 Å². The predicted octanol–water partition coefficient (Wildman–Crippen LogP) is 4.09. The largest absolute Gasteiger partial charge is 0.447 e. The van der Waals surface area contributed by atoms with Crippen LogP contribution >= 0.6 is 0 Å². The van der Waals surface area contributed by atoms with E-state index in [1.54, 1.807) is 47.1 Å². The molecule has 4 heterocycles. The number of nitrogens with zero attached hydrogens (tertiary/aromatic N) is 6. The van der Waals surface area contributed by atoms with Crippen LogP contribution in [0.15, 0.2) is 48.7 Å². The summed E-state index contributed by atoms with van der Waals surface area (Å²) in [7, 11) is -3.45. The highest BCUT2D eigenvalue weighted by molar-refractivity contribution is 6.72. The van der Waals surface area contributed by atoms with Crippen LogP contribution in [0.5, 0.6) is 0 Å². The summed E-state index contributed by atoms with van der Waals surface area (Å²) in [5.41, 5.74) is 0.522. The second-order valence-electron chi connectivity index (χ2n) is 12.3. The first-order valence-electron chi connectivity index (χ1n) is 14.9. The van der Waals surface area contributed by atoms with E-state index < -0.39 is 48.5 Å². The number of fused-ring (bicyclic) bond motifs is 2. The van der Waals surface area contributed by atoms with Gasteiger partial charge in [-0.2, -0.15) is 0 Å². The summed E-state index contributed by atoms with van der Waals surface area (Å²) < 4.78 is 29.5. The third-order valence-corrected chi connectivity index (χ3v) is 11.6. The summed E-state index contributed by atoms with van der Waals surface area (Å²) in [6.45, 7) is 6.20. The lowest BCUT2D eigenvalue weighted by Crippen LogP contribution is -2.45. The van der Waals surface area contributed by atoms with Gasteiger partial charge in [0.1, 0.15) is 6.61 Å². The maximum absolute atomic E-state index is 16.1. The number of nitro benzene ring substituents is 1. The molecule has 1 spiro atoms. The molecule has 1 aromatic heterocycles. The number of cyclic esters (lactones) is 1. The quantitative estimate of drug-likeness (QED) is 0.150. The standard InChI is InChI=1S/C30H35FN6O7Si/c1-19-27(45(2,3)31)26(10-12-34-18-21(11-14-38)32-33-34)44-30(19)24-16-23(37(41)42)8-9-25(24)36(28(30)39)17-20-4-6-22(7-5-20)35-13-15-43-29(35)40/h4-9,16,18-19,26-27,38H,10-15,17H2,1-3H3/t19-,26+,27-,30+/m1/s1. The van der Waals surface area contributed by atoms with E-state index >= 15 is 4.11 Å². The first kappa shape index (κ1) is 30.8. The number of halogens is 1. The van der Waals surface area contributed by atoms with Gasteiger partial charge in [0.2, 0.25) is 8.41 Å². The van der Waals surface area contributed by atoms with Crippen molar-refractivity contribution in [2.75, 3.05) is 29.6 Å². The minimum absolute atomic E-state index is 0.0600. The van der Waals surface area contributed by atoms with Crippen molar-refractivity contribution < 1.29 is 33.2 Å². The van der Waals surface area contributed by atoms with Crippen molar-refractivity contribution in [2.45, 2.75) is 63.2 Å². The number of aromatic nitrogens is 3. The molecule has 0 unspecified atom stereocenters. The van der Waals surface area contributed by atoms with E-state index in [4.69, 9.17) is 9.47 Å². The van der Waals surface area contributed by atoms with Gasteiger partial charge in [-0.3, -0.25) is 24.5 Å². The SMILES string of the molecule is C[C@@H]1[C@@H]([Si](C)(C)F)[C@H](CCn2cc(CCO)nn2)O[C@@]12C(=O)N(Cc1ccc(N3CCOC3=O)cc1)c1ccc([N+](=O)[O-])cc12. The molecule has 3 aliphatic rings. The minimum atomic E-state index is -3.45. The van der Waals surface area contributed by atoms with E-state index in [9.17, 15) is 24.8 Å². The van der Waals surface area contributed by atoms with Crippen molar-refractivity contribution in [3.63, 3.8) is 0 Å². The molecule has 3 aliphatic heterocycles. The molecule has 2 saturated heterocycles. The van der Waals surface area contributed by atoms with E-state index in [2.05, 4.69) is 10.3 Å². The summed E-state index contributed by atoms with van der Waals surface area (Å²) in [5, 5.41) is 29.2. The lowest BCUT2D eigenvalue weighted by atomic mass is 9.82. The molecule has 0 saturated carbocycles. The first-order valence-corrected chi connectivity index (χ1v) is 17.9. The Balaban J connectivity index is 1.34. The number of aliphatic hydroxyl groups is 1. The highest BCUT2D eigenvalue weighted by Gasteiger charge is 2.66. The average molecular weight is 639 g/mol. The zero-order valence-corrected chi connectivity index (χ0v) is 26.3. The van der Waals surface area contributed by atoms with E-state index in [0.717, 1.165) is 5.56 Å². The minimum Gasteiger partial charge on any atom is -0.447 e. The van der Waals surface area contributed by atoms with Crippen LogP contribution in [-0.4, -0.2) is 71.3 Å². The van der Waals surface area contributed by atoms with Gasteiger partial charge in [0.15, 0.2) is 5.60 Å². The van der Waals surface area contributed by atoms with Crippen LogP contribution in [0.1, 0.15) is 30.2 Å². The smallest absolute Gasteiger partial charge is 0.414 e. The van der Waals surface area contributed by atoms with Crippen molar-refractivity contribution in [2.24, 2.45) is 5.92 Å². The molecule has 0 aliphatic carbocycles. The van der Waals surface area contributed by atoms with Gasteiger partial charge >= 0.3 is 6.09 Å². The average Bonchev–Trinajstić information content (AvgIpc) is 3.75. The van der Waals surface area contributed by atoms with Crippen molar-refractivity contribution >= 4 is 37.5 Å². The lowest BCUT2D eigenvalue weighted by Gasteiger charge is -2.31. The van der Waals surface area contributed by atoms with E-state index in [1.807, 2.05) is 19.1 Å².